The number of allylic oxidation sites excluding steroid dienone is 1. The number of nitrogens with zero attached hydrogens (tertiary/aromatic N) is 5. The maximum Gasteiger partial charge on any atom is 0.173 e. The van der Waals surface area contributed by atoms with Crippen molar-refractivity contribution in [2.45, 2.75) is 44.9 Å². The molecule has 2 aliphatic rings. The van der Waals surface area contributed by atoms with Crippen molar-refractivity contribution in [2.24, 2.45) is 5.28 Å². The van der Waals surface area contributed by atoms with Crippen LogP contribution in [0, 0.1) is 11.3 Å². The van der Waals surface area contributed by atoms with E-state index in [4.69, 9.17) is 10.4 Å². The van der Waals surface area contributed by atoms with E-state index in [1.54, 1.807) is 18.2 Å². The molecule has 0 bridgehead atoms. The second kappa shape index (κ2) is 10.0. The molecule has 7 nitrogen and oxygen atoms in total. The molecule has 0 amide bonds. The van der Waals surface area contributed by atoms with Crippen LogP contribution in [-0.2, 0) is 24.1 Å². The molecule has 7 heteroatoms. The topological polar surface area (TPSA) is 102 Å². The van der Waals surface area contributed by atoms with Crippen LogP contribution in [0.1, 0.15) is 47.9 Å². The van der Waals surface area contributed by atoms with Gasteiger partial charge in [0, 0.05) is 30.1 Å². The summed E-state index contributed by atoms with van der Waals surface area (Å²) in [6.07, 6.45) is 7.87. The van der Waals surface area contributed by atoms with Gasteiger partial charge < -0.3 is 9.74 Å². The van der Waals surface area contributed by atoms with Gasteiger partial charge in [-0.25, -0.2) is 0 Å². The summed E-state index contributed by atoms with van der Waals surface area (Å²) in [5.41, 5.74) is 14.6. The van der Waals surface area contributed by atoms with Gasteiger partial charge in [0.25, 0.3) is 0 Å². The van der Waals surface area contributed by atoms with Gasteiger partial charge in [0.1, 0.15) is 17.1 Å². The second-order valence-corrected chi connectivity index (χ2v) is 8.23. The molecule has 0 aliphatic carbocycles. The molecule has 0 spiro atoms. The van der Waals surface area contributed by atoms with Gasteiger partial charge in [-0.3, -0.25) is 4.79 Å². The van der Waals surface area contributed by atoms with Crippen LogP contribution in [0.25, 0.3) is 16.5 Å². The summed E-state index contributed by atoms with van der Waals surface area (Å²) < 4.78 is 0. The van der Waals surface area contributed by atoms with Crippen molar-refractivity contribution >= 4 is 17.5 Å². The van der Waals surface area contributed by atoms with E-state index < -0.39 is 0 Å². The molecule has 0 saturated heterocycles. The summed E-state index contributed by atoms with van der Waals surface area (Å²) in [6.45, 7) is 2.25. The normalized spacial score (nSPS) is 14.7. The van der Waals surface area contributed by atoms with Crippen molar-refractivity contribution in [1.82, 2.24) is 0 Å². The first kappa shape index (κ1) is 21.5. The molecule has 0 fully saturated rings. The predicted molar refractivity (Wildman–Crippen MR) is 123 cm³/mol. The molecule has 2 aromatic carbocycles. The summed E-state index contributed by atoms with van der Waals surface area (Å²) >= 11 is 0. The van der Waals surface area contributed by atoms with Crippen molar-refractivity contribution in [3.63, 3.8) is 0 Å². The van der Waals surface area contributed by atoms with Crippen LogP contribution >= 0.6 is 0 Å². The molecule has 0 unspecified atom stereocenters. The number of nitriles is 1. The average Bonchev–Trinajstić information content (AvgIpc) is 2.82. The molecule has 32 heavy (non-hydrogen) atoms. The Morgan fingerprint density at radius 3 is 2.50 bits per heavy atom. The smallest absolute Gasteiger partial charge is 0.173 e. The Morgan fingerprint density at radius 1 is 1.19 bits per heavy atom. The number of hydrogen-bond acceptors (Lipinski definition) is 5. The number of hydrogen-bond donors (Lipinski definition) is 0. The minimum atomic E-state index is -0.121. The predicted octanol–water partition coefficient (Wildman–Crippen LogP) is 5.49. The van der Waals surface area contributed by atoms with Crippen LogP contribution in [0.2, 0.25) is 0 Å². The van der Waals surface area contributed by atoms with E-state index in [1.165, 1.54) is 16.8 Å². The average molecular weight is 428 g/mol. The number of aryl methyl sites for hydroxylation is 3. The lowest BCUT2D eigenvalue weighted by Crippen LogP contribution is -2.34. The number of anilines is 1. The number of benzene rings is 2. The lowest BCUT2D eigenvalue weighted by molar-refractivity contribution is -0.115. The zero-order valence-corrected chi connectivity index (χ0v) is 18.0. The first-order chi connectivity index (χ1) is 15.7. The van der Waals surface area contributed by atoms with Gasteiger partial charge in [0.15, 0.2) is 5.78 Å². The molecule has 2 aliphatic heterocycles. The first-order valence-electron chi connectivity index (χ1n) is 11.0. The van der Waals surface area contributed by atoms with E-state index >= 15 is 0 Å². The molecule has 0 aromatic heterocycles. The summed E-state index contributed by atoms with van der Waals surface area (Å²) in [4.78, 5) is 22.5. The number of rotatable bonds is 8. The van der Waals surface area contributed by atoms with Crippen molar-refractivity contribution in [3.05, 3.63) is 74.7 Å². The Kier molecular flexibility index (Phi) is 6.74. The van der Waals surface area contributed by atoms with Crippen LogP contribution in [0.15, 0.2) is 47.2 Å². The Bertz CT molecular complexity index is 1090. The largest absolute Gasteiger partial charge is 0.394 e. The quantitative estimate of drug-likeness (QED) is 0.139. The Morgan fingerprint density at radius 2 is 1.88 bits per heavy atom. The highest BCUT2D eigenvalue weighted by molar-refractivity contribution is 6.03. The third-order valence-corrected chi connectivity index (χ3v) is 6.06. The van der Waals surface area contributed by atoms with E-state index in [0.29, 0.717) is 25.0 Å². The molecule has 162 valence electrons. The highest BCUT2D eigenvalue weighted by atomic mass is 16.6. The Balaban J connectivity index is 1.40. The summed E-state index contributed by atoms with van der Waals surface area (Å²) in [7, 11) is 0. The van der Waals surface area contributed by atoms with Crippen LogP contribution in [0.3, 0.4) is 0 Å². The highest BCUT2D eigenvalue weighted by Crippen LogP contribution is 2.36. The fourth-order valence-electron chi connectivity index (χ4n) is 4.63. The SMILES string of the molecule is N#C/C(=C/c1cc2c3c(c1)CCCN3CCC2)C(=O)CCCc1ccc(ON=[N+]=[N-])cc1. The van der Waals surface area contributed by atoms with Crippen LogP contribution in [0.5, 0.6) is 5.75 Å². The molecule has 0 N–H and O–H groups in total. The summed E-state index contributed by atoms with van der Waals surface area (Å²) in [5, 5.41) is 12.7. The maximum atomic E-state index is 12.7. The minimum Gasteiger partial charge on any atom is -0.394 e. The van der Waals surface area contributed by atoms with Gasteiger partial charge in [0.05, 0.1) is 5.57 Å². The van der Waals surface area contributed by atoms with Crippen LogP contribution in [0.4, 0.5) is 5.69 Å². The van der Waals surface area contributed by atoms with Crippen molar-refractivity contribution in [1.29, 1.82) is 5.26 Å². The fraction of sp³-hybridized carbons (Fsp3) is 0.360. The van der Waals surface area contributed by atoms with Gasteiger partial charge in [-0.15, -0.1) is 0 Å². The van der Waals surface area contributed by atoms with Gasteiger partial charge in [0.2, 0.25) is 0 Å². The lowest BCUT2D eigenvalue weighted by Gasteiger charge is -2.37. The molecular formula is C25H25N5O2. The van der Waals surface area contributed by atoms with E-state index in [9.17, 15) is 10.1 Å². The third kappa shape index (κ3) is 4.93. The first-order valence-corrected chi connectivity index (χ1v) is 11.0. The molecule has 0 radical (unpaired) electrons. The molecule has 2 aromatic rings. The number of carbonyl (C=O) groups is 1. The number of carbonyl (C=O) groups excluding carboxylic acids is 1. The highest BCUT2D eigenvalue weighted by Gasteiger charge is 2.24. The zero-order chi connectivity index (χ0) is 22.3. The summed E-state index contributed by atoms with van der Waals surface area (Å²) in [5.74, 6) is 0.341. The van der Waals surface area contributed by atoms with Crippen LogP contribution < -0.4 is 9.74 Å². The molecule has 0 saturated carbocycles. The standard InChI is InChI=1S/C25H25N5O2/c26-17-22(24(31)7-1-4-18-8-10-23(11-9-18)32-29-28-27)16-19-14-20-5-2-12-30-13-3-6-21(15-19)25(20)30/h8-11,14-16H,1-7,12-13H2/b22-16-. The third-order valence-electron chi connectivity index (χ3n) is 6.06. The monoisotopic (exact) mass is 427 g/mol. The molecule has 4 rings (SSSR count). The van der Waals surface area contributed by atoms with Crippen molar-refractivity contribution in [3.8, 4) is 11.8 Å². The van der Waals surface area contributed by atoms with Crippen molar-refractivity contribution in [2.75, 3.05) is 18.0 Å². The van der Waals surface area contributed by atoms with Gasteiger partial charge >= 0.3 is 0 Å². The number of Topliss-reactive ketones (excluding diaryl/α,β-unsaturated/α-hetero) is 1. The second-order valence-electron chi connectivity index (χ2n) is 8.23. The van der Waals surface area contributed by atoms with E-state index in [-0.39, 0.29) is 11.4 Å². The lowest BCUT2D eigenvalue weighted by atomic mass is 9.89. The van der Waals surface area contributed by atoms with E-state index in [0.717, 1.165) is 49.9 Å². The number of azide groups is 1. The maximum absolute atomic E-state index is 12.7. The Labute approximate surface area is 187 Å². The fourth-order valence-corrected chi connectivity index (χ4v) is 4.63. The zero-order valence-electron chi connectivity index (χ0n) is 18.0. The van der Waals surface area contributed by atoms with Gasteiger partial charge in [-0.2, -0.15) is 5.26 Å². The van der Waals surface area contributed by atoms with E-state index in [1.807, 2.05) is 12.1 Å². The Hall–Kier alpha value is -3.75. The molecule has 0 atom stereocenters. The number of ketones is 1. The molecular weight excluding hydrogens is 402 g/mol. The van der Waals surface area contributed by atoms with Gasteiger partial charge in [-0.1, -0.05) is 12.1 Å². The minimum absolute atomic E-state index is 0.121. The molecule has 2 heterocycles. The summed E-state index contributed by atoms with van der Waals surface area (Å²) in [6, 6.07) is 13.6. The van der Waals surface area contributed by atoms with Crippen molar-refractivity contribution < 1.29 is 9.63 Å². The van der Waals surface area contributed by atoms with E-state index in [2.05, 4.69) is 33.3 Å². The van der Waals surface area contributed by atoms with Gasteiger partial charge in [-0.05, 0) is 96.7 Å². The van der Waals surface area contributed by atoms with Crippen LogP contribution in [-0.4, -0.2) is 18.9 Å².